The minimum absolute atomic E-state index is 0.149. The van der Waals surface area contributed by atoms with Crippen molar-refractivity contribution in [2.24, 2.45) is 0 Å². The first-order valence-electron chi connectivity index (χ1n) is 7.65. The molecule has 114 valence electrons. The van der Waals surface area contributed by atoms with E-state index in [2.05, 4.69) is 11.1 Å². The van der Waals surface area contributed by atoms with Gasteiger partial charge in [0.05, 0.1) is 0 Å². The van der Waals surface area contributed by atoms with Crippen molar-refractivity contribution in [1.29, 1.82) is 0 Å². The molecule has 2 heterocycles. The number of pyridine rings is 1. The summed E-state index contributed by atoms with van der Waals surface area (Å²) in [6, 6.07) is 12.1. The molecule has 22 heavy (non-hydrogen) atoms. The monoisotopic (exact) mass is 296 g/mol. The normalized spacial score (nSPS) is 15.6. The Bertz CT molecular complexity index is 635. The molecule has 0 spiro atoms. The van der Waals surface area contributed by atoms with E-state index in [9.17, 15) is 4.79 Å². The zero-order valence-corrected chi connectivity index (χ0v) is 12.7. The average Bonchev–Trinajstić information content (AvgIpc) is 2.57. The number of hydrogen-bond donors (Lipinski definition) is 0. The number of carbonyl (C=O) groups is 1. The van der Waals surface area contributed by atoms with E-state index < -0.39 is 0 Å². The maximum Gasteiger partial charge on any atom is 0.219 e. The number of benzene rings is 1. The summed E-state index contributed by atoms with van der Waals surface area (Å²) < 4.78 is 6.21. The van der Waals surface area contributed by atoms with Gasteiger partial charge in [-0.3, -0.25) is 9.78 Å². The van der Waals surface area contributed by atoms with Crippen LogP contribution in [-0.4, -0.2) is 35.0 Å². The molecule has 4 heteroatoms. The number of ether oxygens (including phenoxy) is 1. The SMILES string of the molecule is CC(=O)N1CCC(Oc2ccccc2-c2ccncc2)CC1. The third-order valence-electron chi connectivity index (χ3n) is 4.06. The molecule has 1 fully saturated rings. The molecular formula is C18H20N2O2. The predicted octanol–water partition coefficient (Wildman–Crippen LogP) is 3.14. The number of rotatable bonds is 3. The summed E-state index contributed by atoms with van der Waals surface area (Å²) in [4.78, 5) is 17.3. The highest BCUT2D eigenvalue weighted by molar-refractivity contribution is 5.73. The molecule has 1 amide bonds. The highest BCUT2D eigenvalue weighted by Gasteiger charge is 2.22. The van der Waals surface area contributed by atoms with Gasteiger partial charge in [0.15, 0.2) is 0 Å². The molecule has 0 aliphatic carbocycles. The summed E-state index contributed by atoms with van der Waals surface area (Å²) in [5.41, 5.74) is 2.19. The van der Waals surface area contributed by atoms with Gasteiger partial charge >= 0.3 is 0 Å². The zero-order chi connectivity index (χ0) is 15.4. The summed E-state index contributed by atoms with van der Waals surface area (Å²) in [6.07, 6.45) is 5.50. The van der Waals surface area contributed by atoms with Crippen molar-refractivity contribution in [3.63, 3.8) is 0 Å². The Morgan fingerprint density at radius 1 is 1.14 bits per heavy atom. The van der Waals surface area contributed by atoms with Crippen molar-refractivity contribution >= 4 is 5.91 Å². The van der Waals surface area contributed by atoms with Crippen LogP contribution >= 0.6 is 0 Å². The van der Waals surface area contributed by atoms with Crippen molar-refractivity contribution in [2.75, 3.05) is 13.1 Å². The minimum Gasteiger partial charge on any atom is -0.490 e. The lowest BCUT2D eigenvalue weighted by molar-refractivity contribution is -0.130. The molecule has 1 aliphatic heterocycles. The van der Waals surface area contributed by atoms with Crippen molar-refractivity contribution in [2.45, 2.75) is 25.9 Å². The molecule has 3 rings (SSSR count). The number of amides is 1. The fraction of sp³-hybridized carbons (Fsp3) is 0.333. The predicted molar refractivity (Wildman–Crippen MR) is 85.6 cm³/mol. The summed E-state index contributed by atoms with van der Waals surface area (Å²) in [5.74, 6) is 1.05. The van der Waals surface area contributed by atoms with Gasteiger partial charge in [-0.2, -0.15) is 0 Å². The third kappa shape index (κ3) is 3.27. The van der Waals surface area contributed by atoms with Crippen LogP contribution in [0.3, 0.4) is 0 Å². The molecule has 0 N–H and O–H groups in total. The second-order valence-electron chi connectivity index (χ2n) is 5.56. The topological polar surface area (TPSA) is 42.4 Å². The minimum atomic E-state index is 0.149. The van der Waals surface area contributed by atoms with Gasteiger partial charge in [0.1, 0.15) is 11.9 Å². The van der Waals surface area contributed by atoms with Crippen molar-refractivity contribution in [3.8, 4) is 16.9 Å². The molecule has 1 saturated heterocycles. The fourth-order valence-electron chi connectivity index (χ4n) is 2.81. The summed E-state index contributed by atoms with van der Waals surface area (Å²) in [6.45, 7) is 3.18. The van der Waals surface area contributed by atoms with Gasteiger partial charge in [-0.05, 0) is 23.8 Å². The Labute approximate surface area is 130 Å². The Morgan fingerprint density at radius 3 is 2.50 bits per heavy atom. The number of aromatic nitrogens is 1. The smallest absolute Gasteiger partial charge is 0.219 e. The highest BCUT2D eigenvalue weighted by Crippen LogP contribution is 2.31. The Kier molecular flexibility index (Phi) is 4.37. The summed E-state index contributed by atoms with van der Waals surface area (Å²) in [5, 5.41) is 0. The molecule has 0 bridgehead atoms. The molecule has 0 unspecified atom stereocenters. The maximum atomic E-state index is 11.4. The van der Waals surface area contributed by atoms with Gasteiger partial charge < -0.3 is 9.64 Å². The number of piperidine rings is 1. The Hall–Kier alpha value is -2.36. The van der Waals surface area contributed by atoms with E-state index in [1.165, 1.54) is 0 Å². The van der Waals surface area contributed by atoms with E-state index in [0.29, 0.717) is 0 Å². The number of carbonyl (C=O) groups excluding carboxylic acids is 1. The van der Waals surface area contributed by atoms with E-state index in [-0.39, 0.29) is 12.0 Å². The summed E-state index contributed by atoms with van der Waals surface area (Å²) in [7, 11) is 0. The first kappa shape index (κ1) is 14.6. The average molecular weight is 296 g/mol. The largest absolute Gasteiger partial charge is 0.490 e. The van der Waals surface area contributed by atoms with Crippen molar-refractivity contribution in [1.82, 2.24) is 9.88 Å². The van der Waals surface area contributed by atoms with Crippen molar-refractivity contribution in [3.05, 3.63) is 48.8 Å². The third-order valence-corrected chi connectivity index (χ3v) is 4.06. The second-order valence-corrected chi connectivity index (χ2v) is 5.56. The first-order chi connectivity index (χ1) is 10.7. The maximum absolute atomic E-state index is 11.4. The first-order valence-corrected chi connectivity index (χ1v) is 7.65. The van der Waals surface area contributed by atoms with Gasteiger partial charge in [0, 0.05) is 50.8 Å². The number of para-hydroxylation sites is 1. The van der Waals surface area contributed by atoms with Crippen LogP contribution in [0, 0.1) is 0 Å². The van der Waals surface area contributed by atoms with Gasteiger partial charge in [0.2, 0.25) is 5.91 Å². The zero-order valence-electron chi connectivity index (χ0n) is 12.7. The van der Waals surface area contributed by atoms with Gasteiger partial charge in [0.25, 0.3) is 0 Å². The lowest BCUT2D eigenvalue weighted by Crippen LogP contribution is -2.40. The van der Waals surface area contributed by atoms with Gasteiger partial charge in [-0.25, -0.2) is 0 Å². The van der Waals surface area contributed by atoms with E-state index in [4.69, 9.17) is 4.74 Å². The van der Waals surface area contributed by atoms with E-state index in [1.54, 1.807) is 19.3 Å². The highest BCUT2D eigenvalue weighted by atomic mass is 16.5. The van der Waals surface area contributed by atoms with E-state index >= 15 is 0 Å². The molecule has 1 aromatic carbocycles. The quantitative estimate of drug-likeness (QED) is 0.874. The molecule has 2 aromatic rings. The van der Waals surface area contributed by atoms with Crippen LogP contribution in [0.5, 0.6) is 5.75 Å². The van der Waals surface area contributed by atoms with Gasteiger partial charge in [-0.15, -0.1) is 0 Å². The molecule has 1 aromatic heterocycles. The molecule has 4 nitrogen and oxygen atoms in total. The lowest BCUT2D eigenvalue weighted by atomic mass is 10.0. The van der Waals surface area contributed by atoms with Crippen LogP contribution in [0.4, 0.5) is 0 Å². The Morgan fingerprint density at radius 2 is 1.82 bits per heavy atom. The van der Waals surface area contributed by atoms with Crippen LogP contribution in [0.15, 0.2) is 48.8 Å². The van der Waals surface area contributed by atoms with Crippen molar-refractivity contribution < 1.29 is 9.53 Å². The molecule has 1 aliphatic rings. The number of likely N-dealkylation sites (tertiary alicyclic amines) is 1. The van der Waals surface area contributed by atoms with Crippen LogP contribution in [0.2, 0.25) is 0 Å². The van der Waals surface area contributed by atoms with Crippen LogP contribution in [0.25, 0.3) is 11.1 Å². The number of hydrogen-bond acceptors (Lipinski definition) is 3. The fourth-order valence-corrected chi connectivity index (χ4v) is 2.81. The Balaban J connectivity index is 1.73. The standard InChI is InChI=1S/C18H20N2O2/c1-14(21)20-12-8-16(9-13-20)22-18-5-3-2-4-17(18)15-6-10-19-11-7-15/h2-7,10-11,16H,8-9,12-13H2,1H3. The van der Waals surface area contributed by atoms with Gasteiger partial charge in [-0.1, -0.05) is 18.2 Å². The summed E-state index contributed by atoms with van der Waals surface area (Å²) >= 11 is 0. The second kappa shape index (κ2) is 6.60. The van der Waals surface area contributed by atoms with Crippen LogP contribution < -0.4 is 4.74 Å². The lowest BCUT2D eigenvalue weighted by Gasteiger charge is -2.32. The van der Waals surface area contributed by atoms with E-state index in [1.807, 2.05) is 35.2 Å². The number of nitrogens with zero attached hydrogens (tertiary/aromatic N) is 2. The molecule has 0 radical (unpaired) electrons. The molecule has 0 atom stereocenters. The van der Waals surface area contributed by atoms with Crippen LogP contribution in [-0.2, 0) is 4.79 Å². The van der Waals surface area contributed by atoms with E-state index in [0.717, 1.165) is 42.8 Å². The van der Waals surface area contributed by atoms with Crippen LogP contribution in [0.1, 0.15) is 19.8 Å². The molecule has 0 saturated carbocycles. The molecular weight excluding hydrogens is 276 g/mol.